The van der Waals surface area contributed by atoms with E-state index in [-0.39, 0.29) is 11.9 Å². The van der Waals surface area contributed by atoms with E-state index < -0.39 is 37.7 Å². The second kappa shape index (κ2) is 7.77. The van der Waals surface area contributed by atoms with Crippen LogP contribution in [0.25, 0.3) is 27.5 Å². The molecule has 2 saturated heterocycles. The number of benzene rings is 2. The SMILES string of the molecule is [2H]C1([2H])COCC([2H])([2H])C1([2H])c1cc2cc3c(cnn3C3CCCCO3)cc2n1-c1ccc(F)cc1. The van der Waals surface area contributed by atoms with Crippen molar-refractivity contribution < 1.29 is 20.7 Å². The first-order valence-corrected chi connectivity index (χ1v) is 10.6. The Hall–Kier alpha value is -2.70. The van der Waals surface area contributed by atoms with Gasteiger partial charge in [0.2, 0.25) is 0 Å². The number of hydrogen-bond acceptors (Lipinski definition) is 3. The summed E-state index contributed by atoms with van der Waals surface area (Å²) in [5, 5.41) is 6.10. The molecule has 160 valence electrons. The van der Waals surface area contributed by atoms with Crippen LogP contribution in [0.4, 0.5) is 4.39 Å². The molecule has 2 fully saturated rings. The van der Waals surface area contributed by atoms with Gasteiger partial charge in [0.1, 0.15) is 5.82 Å². The van der Waals surface area contributed by atoms with E-state index in [2.05, 4.69) is 5.10 Å². The maximum atomic E-state index is 13.8. The molecule has 1 atom stereocenters. The van der Waals surface area contributed by atoms with Gasteiger partial charge in [-0.25, -0.2) is 9.07 Å². The first-order valence-electron chi connectivity index (χ1n) is 13.1. The van der Waals surface area contributed by atoms with Gasteiger partial charge in [0.15, 0.2) is 6.23 Å². The molecule has 2 aromatic heterocycles. The Labute approximate surface area is 187 Å². The van der Waals surface area contributed by atoms with Crippen LogP contribution >= 0.6 is 0 Å². The lowest BCUT2D eigenvalue weighted by Crippen LogP contribution is -2.18. The van der Waals surface area contributed by atoms with Gasteiger partial charge >= 0.3 is 0 Å². The highest BCUT2D eigenvalue weighted by Crippen LogP contribution is 2.37. The molecule has 0 N–H and O–H groups in total. The monoisotopic (exact) mass is 424 g/mol. The highest BCUT2D eigenvalue weighted by Gasteiger charge is 2.24. The van der Waals surface area contributed by atoms with Crippen molar-refractivity contribution in [1.29, 1.82) is 0 Å². The summed E-state index contributed by atoms with van der Waals surface area (Å²) < 4.78 is 72.3. The summed E-state index contributed by atoms with van der Waals surface area (Å²) in [5.74, 6) is -2.72. The molecular formula is C25H26FN3O2. The Bertz CT molecular complexity index is 1430. The molecule has 0 spiro atoms. The standard InChI is InChI=1S/C25H26FN3O2/c26-20-4-6-21(7-5-20)28-22(17-8-11-30-12-9-17)13-18-14-24-19(15-23(18)28)16-27-29(24)25-3-1-2-10-31-25/h4-7,13-17,25H,1-3,8-12H2/i8D2,9D2,17D. The number of fused-ring (bicyclic) bond motifs is 2. The van der Waals surface area contributed by atoms with E-state index in [0.717, 1.165) is 30.2 Å². The number of nitrogens with zero attached hydrogens (tertiary/aromatic N) is 3. The van der Waals surface area contributed by atoms with Gasteiger partial charge < -0.3 is 14.0 Å². The van der Waals surface area contributed by atoms with E-state index in [1.165, 1.54) is 12.1 Å². The molecule has 0 saturated carbocycles. The van der Waals surface area contributed by atoms with Crippen molar-refractivity contribution in [2.24, 2.45) is 0 Å². The fourth-order valence-corrected chi connectivity index (χ4v) is 4.49. The van der Waals surface area contributed by atoms with Crippen molar-refractivity contribution >= 4 is 21.8 Å². The summed E-state index contributed by atoms with van der Waals surface area (Å²) in [6.45, 7) is -0.138. The summed E-state index contributed by atoms with van der Waals surface area (Å²) >= 11 is 0. The highest BCUT2D eigenvalue weighted by atomic mass is 19.1. The van der Waals surface area contributed by atoms with E-state index in [0.29, 0.717) is 23.2 Å². The molecule has 4 heterocycles. The van der Waals surface area contributed by atoms with Crippen LogP contribution in [0, 0.1) is 5.82 Å². The second-order valence-corrected chi connectivity index (χ2v) is 7.94. The lowest BCUT2D eigenvalue weighted by molar-refractivity contribution is -0.0366. The first-order chi connectivity index (χ1) is 17.1. The average Bonchev–Trinajstić information content (AvgIpc) is 3.43. The van der Waals surface area contributed by atoms with E-state index in [9.17, 15) is 5.76 Å². The molecule has 0 radical (unpaired) electrons. The number of rotatable bonds is 3. The molecule has 6 rings (SSSR count). The van der Waals surface area contributed by atoms with Crippen LogP contribution in [0.3, 0.4) is 0 Å². The van der Waals surface area contributed by atoms with Gasteiger partial charge in [0, 0.05) is 54.7 Å². The van der Waals surface area contributed by atoms with Crippen molar-refractivity contribution in [3.05, 3.63) is 60.2 Å². The lowest BCUT2D eigenvalue weighted by Gasteiger charge is -2.24. The molecule has 4 aromatic rings. The van der Waals surface area contributed by atoms with Gasteiger partial charge in [-0.3, -0.25) is 0 Å². The zero-order valence-electron chi connectivity index (χ0n) is 22.0. The Kier molecular flexibility index (Phi) is 3.60. The van der Waals surface area contributed by atoms with Crippen LogP contribution in [0.15, 0.2) is 48.7 Å². The molecule has 0 amide bonds. The minimum Gasteiger partial charge on any atom is -0.381 e. The fourth-order valence-electron chi connectivity index (χ4n) is 4.49. The largest absolute Gasteiger partial charge is 0.381 e. The maximum Gasteiger partial charge on any atom is 0.150 e. The number of aromatic nitrogens is 3. The van der Waals surface area contributed by atoms with Gasteiger partial charge in [-0.05, 0) is 74.5 Å². The van der Waals surface area contributed by atoms with Crippen LogP contribution < -0.4 is 0 Å². The molecule has 31 heavy (non-hydrogen) atoms. The Balaban J connectivity index is 1.63. The van der Waals surface area contributed by atoms with Gasteiger partial charge in [-0.15, -0.1) is 0 Å². The zero-order chi connectivity index (χ0) is 25.3. The summed E-state index contributed by atoms with van der Waals surface area (Å²) in [7, 11) is 0. The summed E-state index contributed by atoms with van der Waals surface area (Å²) in [4.78, 5) is 0. The zero-order valence-corrected chi connectivity index (χ0v) is 17.0. The quantitative estimate of drug-likeness (QED) is 0.423. The average molecular weight is 425 g/mol. The Morgan fingerprint density at radius 3 is 2.58 bits per heavy atom. The minimum atomic E-state index is -2.33. The number of hydrogen-bond donors (Lipinski definition) is 0. The van der Waals surface area contributed by atoms with Gasteiger partial charge in [-0.1, -0.05) is 0 Å². The van der Waals surface area contributed by atoms with Crippen molar-refractivity contribution in [2.45, 2.75) is 44.1 Å². The molecular weight excluding hydrogens is 393 g/mol. The van der Waals surface area contributed by atoms with Crippen LogP contribution in [0.1, 0.15) is 56.7 Å². The fraction of sp³-hybridized carbons (Fsp3) is 0.400. The van der Waals surface area contributed by atoms with Crippen LogP contribution in [-0.4, -0.2) is 34.2 Å². The Morgan fingerprint density at radius 1 is 1.00 bits per heavy atom. The van der Waals surface area contributed by atoms with E-state index in [1.54, 1.807) is 29.0 Å². The third-order valence-electron chi connectivity index (χ3n) is 5.99. The van der Waals surface area contributed by atoms with E-state index in [4.69, 9.17) is 15.0 Å². The predicted molar refractivity (Wildman–Crippen MR) is 118 cm³/mol. The van der Waals surface area contributed by atoms with Crippen LogP contribution in [0.5, 0.6) is 0 Å². The van der Waals surface area contributed by atoms with Crippen molar-refractivity contribution in [3.8, 4) is 5.69 Å². The van der Waals surface area contributed by atoms with E-state index >= 15 is 0 Å². The third-order valence-corrected chi connectivity index (χ3v) is 5.99. The van der Waals surface area contributed by atoms with Crippen molar-refractivity contribution in [3.63, 3.8) is 0 Å². The third kappa shape index (κ3) is 3.34. The van der Waals surface area contributed by atoms with E-state index in [1.807, 2.05) is 16.8 Å². The molecule has 6 heteroatoms. The molecule has 2 aromatic carbocycles. The summed E-state index contributed by atoms with van der Waals surface area (Å²) in [5.41, 5.74) is 2.14. The van der Waals surface area contributed by atoms with Gasteiger partial charge in [-0.2, -0.15) is 5.10 Å². The molecule has 2 aliphatic heterocycles. The van der Waals surface area contributed by atoms with Crippen LogP contribution in [-0.2, 0) is 9.47 Å². The van der Waals surface area contributed by atoms with Gasteiger partial charge in [0.25, 0.3) is 0 Å². The topological polar surface area (TPSA) is 41.2 Å². The normalized spacial score (nSPS) is 27.3. The second-order valence-electron chi connectivity index (χ2n) is 7.94. The molecule has 5 nitrogen and oxygen atoms in total. The molecule has 0 aliphatic carbocycles. The predicted octanol–water partition coefficient (Wildman–Crippen LogP) is 5.71. The number of ether oxygens (including phenoxy) is 2. The lowest BCUT2D eigenvalue weighted by atomic mass is 9.96. The molecule has 1 unspecified atom stereocenters. The molecule has 0 bridgehead atoms. The summed E-state index contributed by atoms with van der Waals surface area (Å²) in [6, 6.07) is 11.2. The molecule has 2 aliphatic rings. The van der Waals surface area contributed by atoms with Crippen LogP contribution in [0.2, 0.25) is 0 Å². The van der Waals surface area contributed by atoms with Crippen molar-refractivity contribution in [2.75, 3.05) is 19.8 Å². The number of halogens is 1. The summed E-state index contributed by atoms with van der Waals surface area (Å²) in [6.07, 6.45) is -0.158. The minimum absolute atomic E-state index is 0.142. The van der Waals surface area contributed by atoms with Gasteiger partial charge in [0.05, 0.1) is 17.2 Å². The highest BCUT2D eigenvalue weighted by molar-refractivity contribution is 5.97. The maximum absolute atomic E-state index is 13.8. The van der Waals surface area contributed by atoms with Crippen molar-refractivity contribution in [1.82, 2.24) is 14.3 Å². The smallest absolute Gasteiger partial charge is 0.150 e. The first kappa shape index (κ1) is 14.4. The Morgan fingerprint density at radius 2 is 1.81 bits per heavy atom.